The zero-order chi connectivity index (χ0) is 23.3. The lowest BCUT2D eigenvalue weighted by Gasteiger charge is -2.38. The summed E-state index contributed by atoms with van der Waals surface area (Å²) in [6, 6.07) is 16.1. The van der Waals surface area contributed by atoms with Gasteiger partial charge in [0.1, 0.15) is 29.7 Å². The number of carbonyl (C=O) groups excluding carboxylic acids is 2. The highest BCUT2D eigenvalue weighted by molar-refractivity contribution is 6.20. The predicted octanol–water partition coefficient (Wildman–Crippen LogP) is 1.94. The Labute approximate surface area is 190 Å². The molecule has 8 heteroatoms. The van der Waals surface area contributed by atoms with Crippen LogP contribution in [0.1, 0.15) is 5.56 Å². The van der Waals surface area contributed by atoms with Crippen molar-refractivity contribution in [3.8, 4) is 24.2 Å². The second kappa shape index (κ2) is 7.18. The van der Waals surface area contributed by atoms with E-state index in [9.17, 15) is 14.9 Å². The van der Waals surface area contributed by atoms with Gasteiger partial charge in [-0.05, 0) is 30.3 Å². The first-order chi connectivity index (χ1) is 16.0. The average molecular weight is 438 g/mol. The van der Waals surface area contributed by atoms with E-state index < -0.39 is 17.3 Å². The van der Waals surface area contributed by atoms with Crippen LogP contribution in [0.15, 0.2) is 71.2 Å². The average Bonchev–Trinajstić information content (AvgIpc) is 3.32. The summed E-state index contributed by atoms with van der Waals surface area (Å²) >= 11 is 0. The molecule has 0 aliphatic carbocycles. The van der Waals surface area contributed by atoms with Gasteiger partial charge in [-0.3, -0.25) is 14.6 Å². The largest absolute Gasteiger partial charge is 0.497 e. The summed E-state index contributed by atoms with van der Waals surface area (Å²) in [6.07, 6.45) is 5.53. The fourth-order valence-electron chi connectivity index (χ4n) is 4.87. The fraction of sp³-hybridized carbons (Fsp3) is 0.160. The first-order valence-electron chi connectivity index (χ1n) is 10.1. The maximum absolute atomic E-state index is 14.0. The molecule has 0 fully saturated rings. The molecule has 0 aromatic heterocycles. The highest BCUT2D eigenvalue weighted by atomic mass is 16.5. The third-order valence-corrected chi connectivity index (χ3v) is 6.21. The molecule has 0 radical (unpaired) electrons. The molecule has 3 aliphatic rings. The van der Waals surface area contributed by atoms with Gasteiger partial charge >= 0.3 is 5.97 Å². The van der Waals surface area contributed by atoms with E-state index in [2.05, 4.69) is 12.0 Å². The second-order valence-electron chi connectivity index (χ2n) is 7.67. The van der Waals surface area contributed by atoms with E-state index >= 15 is 0 Å². The van der Waals surface area contributed by atoms with E-state index in [-0.39, 0.29) is 30.1 Å². The second-order valence-corrected chi connectivity index (χ2v) is 7.67. The standard InChI is InChI=1S/C25H18N4O4/c1-3-12-28-19-7-5-4-6-17(19)25(24(28)31)18(13-26)22(27)29(20-14-33-23(30)21(20)25)15-8-10-16(32-2)11-9-15/h1,4-11H,12,14,27H2,2H3. The summed E-state index contributed by atoms with van der Waals surface area (Å²) in [7, 11) is 1.55. The molecule has 33 heavy (non-hydrogen) atoms. The number of esters is 1. The minimum Gasteiger partial charge on any atom is -0.497 e. The zero-order valence-electron chi connectivity index (χ0n) is 17.7. The first kappa shape index (κ1) is 20.2. The molecular weight excluding hydrogens is 420 g/mol. The van der Waals surface area contributed by atoms with Crippen LogP contribution >= 0.6 is 0 Å². The number of hydrogen-bond acceptors (Lipinski definition) is 7. The highest BCUT2D eigenvalue weighted by Crippen LogP contribution is 2.56. The number of ether oxygens (including phenoxy) is 2. The number of hydrogen-bond donors (Lipinski definition) is 1. The minimum absolute atomic E-state index is 0.0178. The topological polar surface area (TPSA) is 109 Å². The van der Waals surface area contributed by atoms with Crippen LogP contribution in [0.3, 0.4) is 0 Å². The molecule has 1 atom stereocenters. The van der Waals surface area contributed by atoms with Gasteiger partial charge in [-0.25, -0.2) is 4.79 Å². The van der Waals surface area contributed by atoms with Crippen LogP contribution in [0.5, 0.6) is 5.75 Å². The summed E-state index contributed by atoms with van der Waals surface area (Å²) < 4.78 is 10.6. The van der Waals surface area contributed by atoms with Gasteiger partial charge in [0.2, 0.25) is 5.91 Å². The number of benzene rings is 2. The van der Waals surface area contributed by atoms with E-state index in [0.29, 0.717) is 28.4 Å². The number of para-hydroxylation sites is 1. The number of fused-ring (bicyclic) bond motifs is 3. The number of nitrogens with zero attached hydrogens (tertiary/aromatic N) is 3. The third-order valence-electron chi connectivity index (χ3n) is 6.21. The molecule has 3 aliphatic heterocycles. The molecule has 1 spiro atoms. The Hall–Kier alpha value is -4.69. The van der Waals surface area contributed by atoms with Gasteiger partial charge in [0.25, 0.3) is 0 Å². The molecule has 8 nitrogen and oxygen atoms in total. The Bertz CT molecular complexity index is 1360. The molecule has 1 amide bonds. The number of amides is 1. The monoisotopic (exact) mass is 438 g/mol. The molecule has 3 heterocycles. The third kappa shape index (κ3) is 2.46. The number of cyclic esters (lactones) is 1. The lowest BCUT2D eigenvalue weighted by atomic mass is 9.67. The fourth-order valence-corrected chi connectivity index (χ4v) is 4.87. The van der Waals surface area contributed by atoms with Crippen molar-refractivity contribution in [3.05, 3.63) is 76.8 Å². The molecular formula is C25H18N4O4. The van der Waals surface area contributed by atoms with Crippen molar-refractivity contribution in [3.63, 3.8) is 0 Å². The van der Waals surface area contributed by atoms with Crippen molar-refractivity contribution in [1.82, 2.24) is 0 Å². The van der Waals surface area contributed by atoms with Crippen molar-refractivity contribution < 1.29 is 19.1 Å². The Morgan fingerprint density at radius 3 is 2.61 bits per heavy atom. The van der Waals surface area contributed by atoms with Crippen molar-refractivity contribution in [2.24, 2.45) is 5.73 Å². The van der Waals surface area contributed by atoms with E-state index in [0.717, 1.165) is 0 Å². The predicted molar refractivity (Wildman–Crippen MR) is 120 cm³/mol. The number of terminal acetylenes is 1. The molecule has 2 aromatic rings. The first-order valence-corrected chi connectivity index (χ1v) is 10.1. The van der Waals surface area contributed by atoms with Crippen molar-refractivity contribution in [2.75, 3.05) is 30.1 Å². The van der Waals surface area contributed by atoms with Crippen LogP contribution in [0.25, 0.3) is 0 Å². The van der Waals surface area contributed by atoms with E-state index in [1.807, 2.05) is 0 Å². The number of methoxy groups -OCH3 is 1. The van der Waals surface area contributed by atoms with Gasteiger partial charge in [0.05, 0.1) is 30.5 Å². The van der Waals surface area contributed by atoms with Gasteiger partial charge in [-0.1, -0.05) is 24.1 Å². The van der Waals surface area contributed by atoms with E-state index in [1.165, 1.54) is 4.90 Å². The molecule has 2 aromatic carbocycles. The maximum atomic E-state index is 14.0. The van der Waals surface area contributed by atoms with Crippen LogP contribution in [-0.2, 0) is 19.7 Å². The normalized spacial score (nSPS) is 21.1. The van der Waals surface area contributed by atoms with E-state index in [4.69, 9.17) is 21.6 Å². The quantitative estimate of drug-likeness (QED) is 0.576. The van der Waals surface area contributed by atoms with Crippen LogP contribution in [0.2, 0.25) is 0 Å². The number of nitrogens with two attached hydrogens (primary N) is 1. The Kier molecular flexibility index (Phi) is 4.40. The summed E-state index contributed by atoms with van der Waals surface area (Å²) in [4.78, 5) is 30.1. The molecule has 1 unspecified atom stereocenters. The molecule has 0 bridgehead atoms. The summed E-state index contributed by atoms with van der Waals surface area (Å²) in [5, 5.41) is 10.3. The molecule has 2 N–H and O–H groups in total. The van der Waals surface area contributed by atoms with Gasteiger partial charge in [-0.2, -0.15) is 5.26 Å². The molecule has 162 valence electrons. The van der Waals surface area contributed by atoms with Crippen LogP contribution in [0, 0.1) is 23.7 Å². The SMILES string of the molecule is C#CCN1C(=O)C2(C(C#N)=C(N)N(c3ccc(OC)cc3)C3=C2C(=O)OC3)c2ccccc21. The van der Waals surface area contributed by atoms with Crippen LogP contribution in [-0.4, -0.2) is 32.1 Å². The number of anilines is 2. The maximum Gasteiger partial charge on any atom is 0.338 e. The van der Waals surface area contributed by atoms with Gasteiger partial charge < -0.3 is 15.2 Å². The number of nitriles is 1. The van der Waals surface area contributed by atoms with Crippen molar-refractivity contribution in [2.45, 2.75) is 5.41 Å². The van der Waals surface area contributed by atoms with Gasteiger partial charge in [-0.15, -0.1) is 6.42 Å². The van der Waals surface area contributed by atoms with Gasteiger partial charge in [0, 0.05) is 16.9 Å². The lowest BCUT2D eigenvalue weighted by molar-refractivity contribution is -0.137. The van der Waals surface area contributed by atoms with Gasteiger partial charge in [0.15, 0.2) is 0 Å². The Morgan fingerprint density at radius 1 is 1.21 bits per heavy atom. The molecule has 0 saturated heterocycles. The molecule has 5 rings (SSSR count). The highest BCUT2D eigenvalue weighted by Gasteiger charge is 2.63. The summed E-state index contributed by atoms with van der Waals surface area (Å²) in [5.41, 5.74) is 6.90. The van der Waals surface area contributed by atoms with E-state index in [1.54, 1.807) is 60.5 Å². The summed E-state index contributed by atoms with van der Waals surface area (Å²) in [5.74, 6) is 1.99. The van der Waals surface area contributed by atoms with Crippen molar-refractivity contribution >= 4 is 23.3 Å². The smallest absolute Gasteiger partial charge is 0.338 e. The minimum atomic E-state index is -1.72. The molecule has 0 saturated carbocycles. The zero-order valence-corrected chi connectivity index (χ0v) is 17.7. The number of rotatable bonds is 3. The van der Waals surface area contributed by atoms with Crippen molar-refractivity contribution in [1.29, 1.82) is 5.26 Å². The lowest BCUT2D eigenvalue weighted by Crippen LogP contribution is -2.50. The van der Waals surface area contributed by atoms with Crippen LogP contribution in [0.4, 0.5) is 11.4 Å². The Morgan fingerprint density at radius 2 is 1.94 bits per heavy atom. The summed E-state index contributed by atoms with van der Waals surface area (Å²) in [6.45, 7) is -0.109. The Balaban J connectivity index is 1.83. The number of carbonyl (C=O) groups is 2. The van der Waals surface area contributed by atoms with Crippen LogP contribution < -0.4 is 20.3 Å².